The second-order valence-corrected chi connectivity index (χ2v) is 8.61. The van der Waals surface area contributed by atoms with Crippen molar-refractivity contribution in [2.75, 3.05) is 20.6 Å². The zero-order valence-corrected chi connectivity index (χ0v) is 15.6. The first kappa shape index (κ1) is 20.6. The van der Waals surface area contributed by atoms with E-state index in [0.29, 0.717) is 13.0 Å². The molecular weight excluding hydrogens is 352 g/mol. The van der Waals surface area contributed by atoms with Crippen LogP contribution >= 0.6 is 11.3 Å². The van der Waals surface area contributed by atoms with Crippen LogP contribution in [0.4, 0.5) is 0 Å². The lowest BCUT2D eigenvalue weighted by atomic mass is 10.1. The van der Waals surface area contributed by atoms with Gasteiger partial charge in [-0.3, -0.25) is 9.59 Å². The number of aliphatic carboxylic acids is 1. The fourth-order valence-corrected chi connectivity index (χ4v) is 4.29. The van der Waals surface area contributed by atoms with Crippen LogP contribution in [0.5, 0.6) is 0 Å². The molecule has 0 saturated heterocycles. The predicted octanol–water partition coefficient (Wildman–Crippen LogP) is 2.15. The van der Waals surface area contributed by atoms with Crippen molar-refractivity contribution in [3.8, 4) is 0 Å². The molecule has 1 heterocycles. The minimum absolute atomic E-state index is 0.0312. The van der Waals surface area contributed by atoms with Crippen LogP contribution in [0.2, 0.25) is 0 Å². The Bertz CT molecular complexity index is 653. The van der Waals surface area contributed by atoms with Gasteiger partial charge in [0.2, 0.25) is 10.0 Å². The van der Waals surface area contributed by atoms with Gasteiger partial charge in [0.1, 0.15) is 9.77 Å². The van der Waals surface area contributed by atoms with E-state index in [4.69, 9.17) is 5.11 Å². The molecule has 0 spiro atoms. The van der Waals surface area contributed by atoms with Crippen molar-refractivity contribution in [1.29, 1.82) is 0 Å². The molecule has 136 valence electrons. The zero-order valence-electron chi connectivity index (χ0n) is 13.9. The number of carbonyl (C=O) groups excluding carboxylic acids is 1. The average molecular weight is 377 g/mol. The van der Waals surface area contributed by atoms with E-state index >= 15 is 0 Å². The third-order valence-electron chi connectivity index (χ3n) is 3.45. The molecule has 0 aliphatic rings. The highest BCUT2D eigenvalue weighted by Crippen LogP contribution is 2.23. The summed E-state index contributed by atoms with van der Waals surface area (Å²) in [6.45, 7) is 0.469. The molecule has 0 radical (unpaired) electrons. The third kappa shape index (κ3) is 6.21. The van der Waals surface area contributed by atoms with E-state index in [9.17, 15) is 18.0 Å². The van der Waals surface area contributed by atoms with Crippen molar-refractivity contribution in [3.63, 3.8) is 0 Å². The minimum atomic E-state index is -3.63. The van der Waals surface area contributed by atoms with Crippen molar-refractivity contribution in [3.05, 3.63) is 16.3 Å². The first-order valence-electron chi connectivity index (χ1n) is 7.77. The van der Waals surface area contributed by atoms with E-state index in [1.165, 1.54) is 20.2 Å². The van der Waals surface area contributed by atoms with E-state index in [1.54, 1.807) is 5.38 Å². The fraction of sp³-hybridized carbons (Fsp3) is 0.600. The number of nitrogens with one attached hydrogen (secondary N) is 1. The van der Waals surface area contributed by atoms with E-state index in [0.717, 1.165) is 41.3 Å². The Kier molecular flexibility index (Phi) is 8.37. The minimum Gasteiger partial charge on any atom is -0.481 e. The Morgan fingerprint density at radius 2 is 1.79 bits per heavy atom. The lowest BCUT2D eigenvalue weighted by Crippen LogP contribution is -2.28. The van der Waals surface area contributed by atoms with Crippen LogP contribution in [0.15, 0.2) is 16.3 Å². The quantitative estimate of drug-likeness (QED) is 0.576. The Balaban J connectivity index is 2.37. The maximum Gasteiger partial charge on any atom is 0.303 e. The molecule has 7 nitrogen and oxygen atoms in total. The van der Waals surface area contributed by atoms with E-state index in [-0.39, 0.29) is 22.1 Å². The first-order chi connectivity index (χ1) is 11.3. The molecule has 9 heteroatoms. The highest BCUT2D eigenvalue weighted by atomic mass is 32.2. The first-order valence-corrected chi connectivity index (χ1v) is 10.1. The summed E-state index contributed by atoms with van der Waals surface area (Å²) in [6.07, 6.45) is 4.31. The SMILES string of the molecule is CN(C)S(=O)(=O)c1ccsc1C(=O)NCCCCCCCC(=O)O. The molecule has 2 N–H and O–H groups in total. The Labute approximate surface area is 146 Å². The highest BCUT2D eigenvalue weighted by molar-refractivity contribution is 7.89. The number of sulfonamides is 1. The van der Waals surface area contributed by atoms with Crippen LogP contribution in [0.1, 0.15) is 48.2 Å². The van der Waals surface area contributed by atoms with Crippen molar-refractivity contribution in [2.24, 2.45) is 0 Å². The van der Waals surface area contributed by atoms with Crippen molar-refractivity contribution in [1.82, 2.24) is 9.62 Å². The Morgan fingerprint density at radius 1 is 1.17 bits per heavy atom. The van der Waals surface area contributed by atoms with Gasteiger partial charge in [-0.05, 0) is 24.3 Å². The smallest absolute Gasteiger partial charge is 0.303 e. The number of carboxylic acid groups (broad SMARTS) is 1. The third-order valence-corrected chi connectivity index (χ3v) is 6.35. The molecule has 0 aliphatic heterocycles. The van der Waals surface area contributed by atoms with E-state index < -0.39 is 16.0 Å². The number of nitrogens with zero attached hydrogens (tertiary/aromatic N) is 1. The van der Waals surface area contributed by atoms with Gasteiger partial charge in [0.05, 0.1) is 0 Å². The standard InChI is InChI=1S/C15H24N2O5S2/c1-17(2)24(21,22)12-9-11-23-14(12)15(20)16-10-7-5-3-4-6-8-13(18)19/h9,11H,3-8,10H2,1-2H3,(H,16,20)(H,18,19). The lowest BCUT2D eigenvalue weighted by molar-refractivity contribution is -0.137. The van der Waals surface area contributed by atoms with Gasteiger partial charge in [-0.25, -0.2) is 12.7 Å². The van der Waals surface area contributed by atoms with Crippen LogP contribution in [0, 0.1) is 0 Å². The molecule has 1 aromatic heterocycles. The van der Waals surface area contributed by atoms with Gasteiger partial charge in [0.25, 0.3) is 5.91 Å². The fourth-order valence-electron chi connectivity index (χ4n) is 2.08. The van der Waals surface area contributed by atoms with Crippen molar-refractivity contribution >= 4 is 33.2 Å². The normalized spacial score (nSPS) is 11.6. The molecule has 1 rings (SSSR count). The van der Waals surface area contributed by atoms with Gasteiger partial charge in [-0.15, -0.1) is 11.3 Å². The van der Waals surface area contributed by atoms with Crippen LogP contribution in [-0.2, 0) is 14.8 Å². The lowest BCUT2D eigenvalue weighted by Gasteiger charge is -2.11. The zero-order chi connectivity index (χ0) is 18.2. The maximum atomic E-state index is 12.2. The Morgan fingerprint density at radius 3 is 2.42 bits per heavy atom. The molecule has 0 atom stereocenters. The molecule has 1 amide bonds. The number of unbranched alkanes of at least 4 members (excludes halogenated alkanes) is 4. The number of amides is 1. The molecule has 0 aliphatic carbocycles. The summed E-state index contributed by atoms with van der Waals surface area (Å²) in [7, 11) is -0.768. The van der Waals surface area contributed by atoms with Gasteiger partial charge < -0.3 is 10.4 Å². The van der Waals surface area contributed by atoms with Crippen LogP contribution in [-0.4, -0.2) is 50.3 Å². The summed E-state index contributed by atoms with van der Waals surface area (Å²) < 4.78 is 25.4. The number of hydrogen-bond acceptors (Lipinski definition) is 5. The van der Waals surface area contributed by atoms with Gasteiger partial charge in [0, 0.05) is 27.1 Å². The second-order valence-electron chi connectivity index (χ2n) is 5.57. The summed E-state index contributed by atoms with van der Waals surface area (Å²) in [5.41, 5.74) is 0. The van der Waals surface area contributed by atoms with Crippen LogP contribution < -0.4 is 5.32 Å². The molecule has 24 heavy (non-hydrogen) atoms. The summed E-state index contributed by atoms with van der Waals surface area (Å²) in [4.78, 5) is 22.8. The molecule has 0 fully saturated rings. The number of carboxylic acids is 1. The van der Waals surface area contributed by atoms with Crippen molar-refractivity contribution < 1.29 is 23.1 Å². The highest BCUT2D eigenvalue weighted by Gasteiger charge is 2.25. The van der Waals surface area contributed by atoms with Gasteiger partial charge >= 0.3 is 5.97 Å². The molecule has 1 aromatic rings. The maximum absolute atomic E-state index is 12.2. The molecule has 0 bridgehead atoms. The summed E-state index contributed by atoms with van der Waals surface area (Å²) in [5.74, 6) is -1.15. The number of rotatable bonds is 11. The van der Waals surface area contributed by atoms with E-state index in [2.05, 4.69) is 5.32 Å². The molecule has 0 unspecified atom stereocenters. The number of carbonyl (C=O) groups is 2. The van der Waals surface area contributed by atoms with Gasteiger partial charge in [-0.2, -0.15) is 0 Å². The molecule has 0 saturated carbocycles. The van der Waals surface area contributed by atoms with Crippen molar-refractivity contribution in [2.45, 2.75) is 43.4 Å². The molecule has 0 aromatic carbocycles. The molecular formula is C15H24N2O5S2. The summed E-state index contributed by atoms with van der Waals surface area (Å²) >= 11 is 1.11. The second kappa shape index (κ2) is 9.75. The average Bonchev–Trinajstić information content (AvgIpc) is 2.99. The van der Waals surface area contributed by atoms with Gasteiger partial charge in [0.15, 0.2) is 0 Å². The number of thiophene rings is 1. The largest absolute Gasteiger partial charge is 0.481 e. The van der Waals surface area contributed by atoms with Gasteiger partial charge in [-0.1, -0.05) is 19.3 Å². The monoisotopic (exact) mass is 376 g/mol. The summed E-state index contributed by atoms with van der Waals surface area (Å²) in [5, 5.41) is 12.9. The topological polar surface area (TPSA) is 104 Å². The van der Waals surface area contributed by atoms with E-state index in [1.807, 2.05) is 0 Å². The van der Waals surface area contributed by atoms with Crippen LogP contribution in [0.25, 0.3) is 0 Å². The van der Waals surface area contributed by atoms with Crippen LogP contribution in [0.3, 0.4) is 0 Å². The summed E-state index contributed by atoms with van der Waals surface area (Å²) in [6, 6.07) is 1.44. The number of hydrogen-bond donors (Lipinski definition) is 2. The predicted molar refractivity (Wildman–Crippen MR) is 92.9 cm³/mol. The Hall–Kier alpha value is -1.45.